The maximum absolute atomic E-state index is 15.6. The van der Waals surface area contributed by atoms with Crippen molar-refractivity contribution < 1.29 is 23.6 Å². The number of alkyl halides is 2. The second-order valence-electron chi connectivity index (χ2n) is 9.28. The number of carbonyl (C=O) groups is 2. The third kappa shape index (κ3) is 4.96. The number of rotatable bonds is 3. The SMILES string of the molecule is Cc1nc(-c2ccccc2)sc1C(=O)N1CCC(F)(F)C(=CC(=O)N2CCC(=NO)CC2)c2ccccc21. The summed E-state index contributed by atoms with van der Waals surface area (Å²) in [5, 5.41) is 12.8. The molecule has 38 heavy (non-hydrogen) atoms. The summed E-state index contributed by atoms with van der Waals surface area (Å²) >= 11 is 1.24. The van der Waals surface area contributed by atoms with Crippen LogP contribution in [0.2, 0.25) is 0 Å². The molecule has 1 N–H and O–H groups in total. The summed E-state index contributed by atoms with van der Waals surface area (Å²) in [7, 11) is 0. The summed E-state index contributed by atoms with van der Waals surface area (Å²) < 4.78 is 31.1. The van der Waals surface area contributed by atoms with Gasteiger partial charge in [0.15, 0.2) is 0 Å². The van der Waals surface area contributed by atoms with Gasteiger partial charge in [-0.3, -0.25) is 9.59 Å². The number of allylic oxidation sites excluding steroid dienone is 1. The van der Waals surface area contributed by atoms with Crippen LogP contribution >= 0.6 is 11.3 Å². The van der Waals surface area contributed by atoms with Crippen molar-refractivity contribution in [3.05, 3.63) is 76.8 Å². The van der Waals surface area contributed by atoms with Crippen molar-refractivity contribution in [1.82, 2.24) is 9.88 Å². The molecule has 2 amide bonds. The lowest BCUT2D eigenvalue weighted by Crippen LogP contribution is -2.38. The zero-order valence-electron chi connectivity index (χ0n) is 20.7. The van der Waals surface area contributed by atoms with Crippen molar-refractivity contribution in [1.29, 1.82) is 0 Å². The predicted molar refractivity (Wildman–Crippen MR) is 143 cm³/mol. The number of aryl methyl sites for hydroxylation is 1. The molecule has 10 heteroatoms. The van der Waals surface area contributed by atoms with Gasteiger partial charge in [-0.1, -0.05) is 53.7 Å². The van der Waals surface area contributed by atoms with Gasteiger partial charge in [-0.2, -0.15) is 0 Å². The summed E-state index contributed by atoms with van der Waals surface area (Å²) in [6.45, 7) is 2.10. The minimum absolute atomic E-state index is 0.150. The number of hydrogen-bond acceptors (Lipinski definition) is 6. The molecular formula is C28H26F2N4O3S. The molecule has 0 spiro atoms. The average Bonchev–Trinajstić information content (AvgIpc) is 3.29. The van der Waals surface area contributed by atoms with E-state index in [0.717, 1.165) is 11.6 Å². The first-order valence-electron chi connectivity index (χ1n) is 12.3. The minimum Gasteiger partial charge on any atom is -0.411 e. The number of thiazole rings is 1. The monoisotopic (exact) mass is 536 g/mol. The van der Waals surface area contributed by atoms with E-state index >= 15 is 8.78 Å². The number of fused-ring (bicyclic) bond motifs is 1. The van der Waals surface area contributed by atoms with Crippen LogP contribution in [0, 0.1) is 6.92 Å². The predicted octanol–water partition coefficient (Wildman–Crippen LogP) is 5.64. The Bertz CT molecular complexity index is 1420. The van der Waals surface area contributed by atoms with Crippen LogP contribution in [-0.2, 0) is 4.79 Å². The van der Waals surface area contributed by atoms with E-state index in [1.807, 2.05) is 30.3 Å². The molecule has 1 aromatic heterocycles. The lowest BCUT2D eigenvalue weighted by Gasteiger charge is -2.27. The molecule has 2 aromatic carbocycles. The molecule has 0 radical (unpaired) electrons. The average molecular weight is 537 g/mol. The van der Waals surface area contributed by atoms with Crippen LogP contribution in [-0.4, -0.2) is 58.2 Å². The first kappa shape index (κ1) is 25.7. The lowest BCUT2D eigenvalue weighted by atomic mass is 9.96. The number of benzene rings is 2. The van der Waals surface area contributed by atoms with E-state index in [1.54, 1.807) is 25.1 Å². The van der Waals surface area contributed by atoms with E-state index in [4.69, 9.17) is 5.21 Å². The first-order chi connectivity index (χ1) is 18.3. The van der Waals surface area contributed by atoms with Crippen LogP contribution in [0.4, 0.5) is 14.5 Å². The Hall–Kier alpha value is -3.92. The fourth-order valence-corrected chi connectivity index (χ4v) is 5.78. The van der Waals surface area contributed by atoms with E-state index in [-0.39, 0.29) is 25.2 Å². The Labute approximate surface area is 222 Å². The van der Waals surface area contributed by atoms with Crippen LogP contribution in [0.5, 0.6) is 0 Å². The zero-order valence-corrected chi connectivity index (χ0v) is 21.5. The fourth-order valence-electron chi connectivity index (χ4n) is 4.76. The van der Waals surface area contributed by atoms with Gasteiger partial charge in [0.05, 0.1) is 17.1 Å². The number of piperidine rings is 1. The lowest BCUT2D eigenvalue weighted by molar-refractivity contribution is -0.126. The normalized spacial score (nSPS) is 18.2. The highest BCUT2D eigenvalue weighted by Gasteiger charge is 2.42. The number of nitrogens with zero attached hydrogens (tertiary/aromatic N) is 4. The van der Waals surface area contributed by atoms with Crippen molar-refractivity contribution >= 4 is 40.1 Å². The molecule has 1 fully saturated rings. The van der Waals surface area contributed by atoms with Gasteiger partial charge in [0.2, 0.25) is 5.91 Å². The number of aromatic nitrogens is 1. The smallest absolute Gasteiger partial charge is 0.275 e. The molecule has 2 aliphatic heterocycles. The van der Waals surface area contributed by atoms with E-state index < -0.39 is 29.7 Å². The molecule has 0 atom stereocenters. The highest BCUT2D eigenvalue weighted by atomic mass is 32.1. The number of likely N-dealkylation sites (tertiary alicyclic amines) is 1. The molecule has 3 heterocycles. The maximum atomic E-state index is 15.6. The molecule has 0 bridgehead atoms. The molecule has 0 aliphatic carbocycles. The number of oxime groups is 1. The molecule has 3 aromatic rings. The van der Waals surface area contributed by atoms with Gasteiger partial charge in [-0.25, -0.2) is 13.8 Å². The van der Waals surface area contributed by atoms with Crippen molar-refractivity contribution in [2.45, 2.75) is 32.1 Å². The molecule has 5 rings (SSSR count). The third-order valence-electron chi connectivity index (χ3n) is 6.85. The quantitative estimate of drug-likeness (QED) is 0.267. The number of amides is 2. The van der Waals surface area contributed by atoms with Crippen molar-refractivity contribution in [2.24, 2.45) is 5.16 Å². The highest BCUT2D eigenvalue weighted by Crippen LogP contribution is 2.44. The minimum atomic E-state index is -3.33. The molecule has 0 unspecified atom stereocenters. The summed E-state index contributed by atoms with van der Waals surface area (Å²) in [5.41, 5.74) is 2.07. The number of anilines is 1. The summed E-state index contributed by atoms with van der Waals surface area (Å²) in [6, 6.07) is 15.9. The highest BCUT2D eigenvalue weighted by molar-refractivity contribution is 7.17. The fraction of sp³-hybridized carbons (Fsp3) is 0.286. The molecule has 2 aliphatic rings. The molecule has 7 nitrogen and oxygen atoms in total. The Balaban J connectivity index is 1.50. The second-order valence-corrected chi connectivity index (χ2v) is 10.3. The van der Waals surface area contributed by atoms with Crippen LogP contribution in [0.15, 0.2) is 65.8 Å². The number of para-hydroxylation sites is 1. The van der Waals surface area contributed by atoms with Gasteiger partial charge < -0.3 is 15.0 Å². The maximum Gasteiger partial charge on any atom is 0.275 e. The van der Waals surface area contributed by atoms with E-state index in [2.05, 4.69) is 10.1 Å². The first-order valence-corrected chi connectivity index (χ1v) is 13.1. The van der Waals surface area contributed by atoms with Crippen LogP contribution < -0.4 is 4.90 Å². The largest absolute Gasteiger partial charge is 0.411 e. The summed E-state index contributed by atoms with van der Waals surface area (Å²) in [5.74, 6) is -4.26. The second kappa shape index (κ2) is 10.4. The Morgan fingerprint density at radius 1 is 1.05 bits per heavy atom. The van der Waals surface area contributed by atoms with E-state index in [0.29, 0.717) is 39.8 Å². The van der Waals surface area contributed by atoms with E-state index in [1.165, 1.54) is 27.2 Å². The molecule has 196 valence electrons. The standard InChI is InChI=1S/C28H26F2N4O3S/c1-18-25(38-26(31-18)19-7-3-2-4-8-19)27(36)34-16-13-28(29,30)22(21-9-5-6-10-23(21)34)17-24(35)33-14-11-20(32-37)12-15-33/h2-10,17,37H,11-16H2,1H3. The van der Waals surface area contributed by atoms with Gasteiger partial charge >= 0.3 is 0 Å². The Morgan fingerprint density at radius 3 is 2.45 bits per heavy atom. The number of carbonyl (C=O) groups excluding carboxylic acids is 2. The summed E-state index contributed by atoms with van der Waals surface area (Å²) in [6.07, 6.45) is 1.15. The third-order valence-corrected chi connectivity index (χ3v) is 8.04. The summed E-state index contributed by atoms with van der Waals surface area (Å²) in [4.78, 5) is 34.6. The van der Waals surface area contributed by atoms with Gasteiger partial charge in [0, 0.05) is 61.7 Å². The molecule has 0 saturated carbocycles. The molecule has 1 saturated heterocycles. The van der Waals surface area contributed by atoms with Gasteiger partial charge in [-0.15, -0.1) is 11.3 Å². The number of hydrogen-bond donors (Lipinski definition) is 1. The topological polar surface area (TPSA) is 86.1 Å². The van der Waals surface area contributed by atoms with Gasteiger partial charge in [0.25, 0.3) is 11.8 Å². The van der Waals surface area contributed by atoms with Gasteiger partial charge in [-0.05, 0) is 13.0 Å². The van der Waals surface area contributed by atoms with Crippen LogP contribution in [0.3, 0.4) is 0 Å². The zero-order chi connectivity index (χ0) is 26.9. The van der Waals surface area contributed by atoms with E-state index in [9.17, 15) is 9.59 Å². The van der Waals surface area contributed by atoms with Crippen LogP contribution in [0.1, 0.15) is 40.2 Å². The van der Waals surface area contributed by atoms with Gasteiger partial charge in [0.1, 0.15) is 9.88 Å². The Kier molecular flexibility index (Phi) is 7.07. The molecular weight excluding hydrogens is 510 g/mol. The van der Waals surface area contributed by atoms with Crippen LogP contribution in [0.25, 0.3) is 16.1 Å². The van der Waals surface area contributed by atoms with Crippen molar-refractivity contribution in [2.75, 3.05) is 24.5 Å². The Morgan fingerprint density at radius 2 is 1.74 bits per heavy atom. The number of halogens is 2. The van der Waals surface area contributed by atoms with Crippen molar-refractivity contribution in [3.8, 4) is 10.6 Å². The van der Waals surface area contributed by atoms with Crippen molar-refractivity contribution in [3.63, 3.8) is 0 Å².